The summed E-state index contributed by atoms with van der Waals surface area (Å²) in [5, 5.41) is 3.89. The highest BCUT2D eigenvalue weighted by Crippen LogP contribution is 2.16. The summed E-state index contributed by atoms with van der Waals surface area (Å²) >= 11 is 2.24. The van der Waals surface area contributed by atoms with Crippen LogP contribution in [0.3, 0.4) is 0 Å². The minimum Gasteiger partial charge on any atom is -0.324 e. The Kier molecular flexibility index (Phi) is 3.16. The number of hydrogen-bond acceptors (Lipinski definition) is 4. The lowest BCUT2D eigenvalue weighted by Crippen LogP contribution is -2.05. The molecule has 0 radical (unpaired) electrons. The number of aromatic amines is 1. The molecule has 0 aliphatic carbocycles. The zero-order chi connectivity index (χ0) is 13.2. The van der Waals surface area contributed by atoms with Crippen molar-refractivity contribution >= 4 is 45.3 Å². The Bertz CT molecular complexity index is 783. The summed E-state index contributed by atoms with van der Waals surface area (Å²) in [6.07, 6.45) is 1.67. The molecule has 0 saturated heterocycles. The van der Waals surface area contributed by atoms with Crippen LogP contribution in [-0.4, -0.2) is 15.0 Å². The first-order chi connectivity index (χ1) is 9.20. The molecule has 0 amide bonds. The number of aromatic nitrogens is 3. The highest BCUT2D eigenvalue weighted by molar-refractivity contribution is 14.1. The summed E-state index contributed by atoms with van der Waals surface area (Å²) < 4.78 is 1.16. The van der Waals surface area contributed by atoms with Crippen LogP contribution in [0.2, 0.25) is 0 Å². The molecule has 3 rings (SSSR count). The van der Waals surface area contributed by atoms with Crippen molar-refractivity contribution < 1.29 is 0 Å². The van der Waals surface area contributed by atoms with Crippen molar-refractivity contribution in [3.8, 4) is 0 Å². The quantitative estimate of drug-likeness (QED) is 0.686. The molecule has 2 N–H and O–H groups in total. The average molecular weight is 364 g/mol. The molecule has 6 heteroatoms. The molecule has 0 aliphatic rings. The van der Waals surface area contributed by atoms with Crippen LogP contribution in [0.15, 0.2) is 47.4 Å². The monoisotopic (exact) mass is 364 g/mol. The number of fused-ring (bicyclic) bond motifs is 1. The number of rotatable bonds is 2. The third-order valence-electron chi connectivity index (χ3n) is 2.57. The molecule has 94 valence electrons. The van der Waals surface area contributed by atoms with Crippen molar-refractivity contribution in [3.63, 3.8) is 0 Å². The van der Waals surface area contributed by atoms with Gasteiger partial charge < -0.3 is 10.3 Å². The van der Waals surface area contributed by atoms with Crippen LogP contribution in [0.5, 0.6) is 0 Å². The first-order valence-electron chi connectivity index (χ1n) is 5.59. The van der Waals surface area contributed by atoms with Crippen molar-refractivity contribution in [1.82, 2.24) is 15.0 Å². The van der Waals surface area contributed by atoms with E-state index >= 15 is 0 Å². The van der Waals surface area contributed by atoms with Gasteiger partial charge in [0.1, 0.15) is 5.65 Å². The fourth-order valence-electron chi connectivity index (χ4n) is 1.66. The fraction of sp³-hybridized carbons (Fsp3) is 0. The number of halogens is 1. The number of benzene rings is 1. The molecule has 3 aromatic rings. The van der Waals surface area contributed by atoms with Crippen LogP contribution in [-0.2, 0) is 0 Å². The molecule has 0 spiro atoms. The van der Waals surface area contributed by atoms with E-state index in [-0.39, 0.29) is 5.56 Å². The fourth-order valence-corrected chi connectivity index (χ4v) is 2.02. The van der Waals surface area contributed by atoms with Gasteiger partial charge in [-0.05, 0) is 52.9 Å². The molecular formula is C13H9IN4O. The number of nitrogens with zero attached hydrogens (tertiary/aromatic N) is 2. The SMILES string of the molecule is O=c1ccc2cnc(Nc3ccc(I)cc3)nc2[nH]1. The molecule has 2 heterocycles. The minimum absolute atomic E-state index is 0.175. The van der Waals surface area contributed by atoms with E-state index < -0.39 is 0 Å². The van der Waals surface area contributed by atoms with Crippen LogP contribution >= 0.6 is 22.6 Å². The van der Waals surface area contributed by atoms with Gasteiger partial charge in [0, 0.05) is 26.9 Å². The summed E-state index contributed by atoms with van der Waals surface area (Å²) in [7, 11) is 0. The molecule has 1 aromatic carbocycles. The van der Waals surface area contributed by atoms with Gasteiger partial charge >= 0.3 is 0 Å². The second-order valence-electron chi connectivity index (χ2n) is 3.95. The summed E-state index contributed by atoms with van der Waals surface area (Å²) in [6, 6.07) is 11.0. The summed E-state index contributed by atoms with van der Waals surface area (Å²) in [5.74, 6) is 0.454. The molecule has 0 saturated carbocycles. The first kappa shape index (κ1) is 12.1. The molecule has 0 aliphatic heterocycles. The normalized spacial score (nSPS) is 10.6. The predicted octanol–water partition coefficient (Wildman–Crippen LogP) is 2.67. The molecule has 2 aromatic heterocycles. The third-order valence-corrected chi connectivity index (χ3v) is 3.29. The zero-order valence-electron chi connectivity index (χ0n) is 9.72. The average Bonchev–Trinajstić information content (AvgIpc) is 2.41. The zero-order valence-corrected chi connectivity index (χ0v) is 11.9. The van der Waals surface area contributed by atoms with Gasteiger partial charge in [-0.15, -0.1) is 0 Å². The Labute approximate surface area is 122 Å². The van der Waals surface area contributed by atoms with Crippen LogP contribution in [0.4, 0.5) is 11.6 Å². The van der Waals surface area contributed by atoms with Crippen molar-refractivity contribution in [2.75, 3.05) is 5.32 Å². The maximum Gasteiger partial charge on any atom is 0.249 e. The van der Waals surface area contributed by atoms with E-state index in [1.54, 1.807) is 12.3 Å². The summed E-state index contributed by atoms with van der Waals surface area (Å²) in [4.78, 5) is 22.4. The number of anilines is 2. The molecule has 0 unspecified atom stereocenters. The molecule has 19 heavy (non-hydrogen) atoms. The van der Waals surface area contributed by atoms with Crippen molar-refractivity contribution in [1.29, 1.82) is 0 Å². The molecular weight excluding hydrogens is 355 g/mol. The molecule has 0 fully saturated rings. The third kappa shape index (κ3) is 2.73. The van der Waals surface area contributed by atoms with Gasteiger partial charge in [-0.2, -0.15) is 4.98 Å². The molecule has 0 bridgehead atoms. The maximum atomic E-state index is 11.3. The van der Waals surface area contributed by atoms with Crippen LogP contribution < -0.4 is 10.9 Å². The summed E-state index contributed by atoms with van der Waals surface area (Å²) in [5.41, 5.74) is 1.25. The van der Waals surface area contributed by atoms with E-state index in [1.807, 2.05) is 24.3 Å². The topological polar surface area (TPSA) is 70.7 Å². The molecule has 0 atom stereocenters. The van der Waals surface area contributed by atoms with Gasteiger partial charge in [0.15, 0.2) is 0 Å². The number of nitrogens with one attached hydrogen (secondary N) is 2. The standard InChI is InChI=1S/C13H9IN4O/c14-9-2-4-10(5-3-9)16-13-15-7-8-1-6-11(19)17-12(8)18-13/h1-7H,(H2,15,16,17,18,19). The lowest BCUT2D eigenvalue weighted by molar-refractivity contribution is 1.16. The maximum absolute atomic E-state index is 11.3. The molecule has 5 nitrogen and oxygen atoms in total. The second kappa shape index (κ2) is 4.96. The van der Waals surface area contributed by atoms with E-state index in [0.717, 1.165) is 14.6 Å². The first-order valence-corrected chi connectivity index (χ1v) is 6.67. The van der Waals surface area contributed by atoms with E-state index in [2.05, 4.69) is 42.9 Å². The van der Waals surface area contributed by atoms with Crippen molar-refractivity contribution in [3.05, 3.63) is 56.5 Å². The Morgan fingerprint density at radius 2 is 1.89 bits per heavy atom. The van der Waals surface area contributed by atoms with Gasteiger partial charge in [0.25, 0.3) is 0 Å². The van der Waals surface area contributed by atoms with E-state index in [9.17, 15) is 4.79 Å². The van der Waals surface area contributed by atoms with Gasteiger partial charge in [0.2, 0.25) is 11.5 Å². The number of hydrogen-bond donors (Lipinski definition) is 2. The van der Waals surface area contributed by atoms with Gasteiger partial charge in [-0.3, -0.25) is 4.79 Å². The summed E-state index contributed by atoms with van der Waals surface area (Å²) in [6.45, 7) is 0. The van der Waals surface area contributed by atoms with Crippen LogP contribution in [0, 0.1) is 3.57 Å². The minimum atomic E-state index is -0.175. The van der Waals surface area contributed by atoms with Crippen LogP contribution in [0.1, 0.15) is 0 Å². The Morgan fingerprint density at radius 1 is 1.11 bits per heavy atom. The van der Waals surface area contributed by atoms with E-state index in [1.165, 1.54) is 6.07 Å². The smallest absolute Gasteiger partial charge is 0.249 e. The van der Waals surface area contributed by atoms with E-state index in [4.69, 9.17) is 0 Å². The predicted molar refractivity (Wildman–Crippen MR) is 82.6 cm³/mol. The number of H-pyrrole nitrogens is 1. The van der Waals surface area contributed by atoms with Crippen molar-refractivity contribution in [2.45, 2.75) is 0 Å². The Morgan fingerprint density at radius 3 is 2.68 bits per heavy atom. The van der Waals surface area contributed by atoms with Gasteiger partial charge in [-0.25, -0.2) is 4.98 Å². The largest absolute Gasteiger partial charge is 0.324 e. The Hall–Kier alpha value is -1.96. The highest BCUT2D eigenvalue weighted by Gasteiger charge is 2.01. The second-order valence-corrected chi connectivity index (χ2v) is 5.20. The van der Waals surface area contributed by atoms with Gasteiger partial charge in [0.05, 0.1) is 0 Å². The highest BCUT2D eigenvalue weighted by atomic mass is 127. The van der Waals surface area contributed by atoms with Crippen LogP contribution in [0.25, 0.3) is 11.0 Å². The van der Waals surface area contributed by atoms with Gasteiger partial charge in [-0.1, -0.05) is 0 Å². The van der Waals surface area contributed by atoms with Crippen molar-refractivity contribution in [2.24, 2.45) is 0 Å². The Balaban J connectivity index is 1.96. The lowest BCUT2D eigenvalue weighted by Gasteiger charge is -2.05. The van der Waals surface area contributed by atoms with E-state index in [0.29, 0.717) is 11.6 Å². The lowest BCUT2D eigenvalue weighted by atomic mass is 10.3. The number of pyridine rings is 1.